The fraction of sp³-hybridized carbons (Fsp3) is 0.333. The fourth-order valence-corrected chi connectivity index (χ4v) is 4.18. The number of halogens is 1. The molecule has 0 bridgehead atoms. The third kappa shape index (κ3) is 5.96. The summed E-state index contributed by atoms with van der Waals surface area (Å²) >= 11 is 7.28. The first-order valence-electron chi connectivity index (χ1n) is 10.0. The number of para-hydroxylation sites is 1. The minimum Gasteiger partial charge on any atom is -0.492 e. The zero-order valence-electron chi connectivity index (χ0n) is 16.9. The van der Waals surface area contributed by atoms with Crippen LogP contribution in [0.5, 0.6) is 5.75 Å². The van der Waals surface area contributed by atoms with Crippen molar-refractivity contribution in [3.8, 4) is 11.4 Å². The molecular formula is C21H23ClN6O2S. The molecule has 0 aliphatic carbocycles. The largest absolute Gasteiger partial charge is 0.492 e. The van der Waals surface area contributed by atoms with Crippen molar-refractivity contribution in [3.63, 3.8) is 0 Å². The number of carbonyl (C=O) groups is 1. The summed E-state index contributed by atoms with van der Waals surface area (Å²) in [4.78, 5) is 16.9. The van der Waals surface area contributed by atoms with Crippen LogP contribution in [0.3, 0.4) is 0 Å². The number of hydrogen-bond acceptors (Lipinski definition) is 7. The molecule has 1 aliphatic rings. The van der Waals surface area contributed by atoms with E-state index in [1.807, 2.05) is 47.4 Å². The molecular weight excluding hydrogens is 436 g/mol. The number of benzene rings is 2. The molecule has 0 saturated carbocycles. The number of hydrogen-bond donors (Lipinski definition) is 0. The molecule has 1 aliphatic heterocycles. The van der Waals surface area contributed by atoms with Gasteiger partial charge in [-0.1, -0.05) is 41.6 Å². The highest BCUT2D eigenvalue weighted by Crippen LogP contribution is 2.20. The lowest BCUT2D eigenvalue weighted by Crippen LogP contribution is -2.50. The third-order valence-corrected chi connectivity index (χ3v) is 6.14. The number of piperazine rings is 1. The fourth-order valence-electron chi connectivity index (χ4n) is 3.26. The first-order chi connectivity index (χ1) is 15.2. The standard InChI is InChI=1S/C21H23ClN6O2S/c22-17-6-8-18(9-7-17)28-21(23-24-25-28)31-16-20(29)27-12-10-26(11-13-27)14-15-30-19-4-2-1-3-5-19/h1-9H,10-16H2. The van der Waals surface area contributed by atoms with Gasteiger partial charge in [-0.15, -0.1) is 5.10 Å². The maximum atomic E-state index is 12.7. The minimum atomic E-state index is 0.0934. The topological polar surface area (TPSA) is 76.4 Å². The Hall–Kier alpha value is -2.62. The van der Waals surface area contributed by atoms with Crippen LogP contribution in [0.25, 0.3) is 5.69 Å². The van der Waals surface area contributed by atoms with Gasteiger partial charge in [0, 0.05) is 37.7 Å². The second-order valence-corrected chi connectivity index (χ2v) is 8.40. The Kier molecular flexibility index (Phi) is 7.39. The van der Waals surface area contributed by atoms with Crippen LogP contribution in [0.15, 0.2) is 59.8 Å². The molecule has 0 radical (unpaired) electrons. The van der Waals surface area contributed by atoms with Gasteiger partial charge in [0.2, 0.25) is 11.1 Å². The van der Waals surface area contributed by atoms with Gasteiger partial charge >= 0.3 is 0 Å². The maximum absolute atomic E-state index is 12.7. The summed E-state index contributed by atoms with van der Waals surface area (Å²) in [6.07, 6.45) is 0. The van der Waals surface area contributed by atoms with Gasteiger partial charge < -0.3 is 9.64 Å². The summed E-state index contributed by atoms with van der Waals surface area (Å²) in [6, 6.07) is 17.0. The highest BCUT2D eigenvalue weighted by atomic mass is 35.5. The highest BCUT2D eigenvalue weighted by molar-refractivity contribution is 7.99. The molecule has 2 heterocycles. The average molecular weight is 459 g/mol. The Morgan fingerprint density at radius 1 is 1.03 bits per heavy atom. The number of amides is 1. The SMILES string of the molecule is O=C(CSc1nnnn1-c1ccc(Cl)cc1)N1CCN(CCOc2ccccc2)CC1. The van der Waals surface area contributed by atoms with Gasteiger partial charge in [0.1, 0.15) is 12.4 Å². The van der Waals surface area contributed by atoms with Crippen LogP contribution in [-0.4, -0.2) is 81.0 Å². The molecule has 2 aromatic carbocycles. The maximum Gasteiger partial charge on any atom is 0.233 e. The molecule has 4 rings (SSSR count). The van der Waals surface area contributed by atoms with Crippen molar-refractivity contribution >= 4 is 29.3 Å². The number of rotatable bonds is 8. The molecule has 8 nitrogen and oxygen atoms in total. The summed E-state index contributed by atoms with van der Waals surface area (Å²) < 4.78 is 7.37. The van der Waals surface area contributed by atoms with E-state index in [-0.39, 0.29) is 5.91 Å². The first-order valence-corrected chi connectivity index (χ1v) is 11.4. The van der Waals surface area contributed by atoms with Crippen molar-refractivity contribution in [1.29, 1.82) is 0 Å². The lowest BCUT2D eigenvalue weighted by molar-refractivity contribution is -0.130. The Morgan fingerprint density at radius 2 is 1.77 bits per heavy atom. The van der Waals surface area contributed by atoms with Crippen LogP contribution >= 0.6 is 23.4 Å². The molecule has 3 aromatic rings. The van der Waals surface area contributed by atoms with Gasteiger partial charge in [0.25, 0.3) is 0 Å². The molecule has 0 N–H and O–H groups in total. The Labute approximate surface area is 190 Å². The summed E-state index contributed by atoms with van der Waals surface area (Å²) in [5, 5.41) is 13.0. The minimum absolute atomic E-state index is 0.0934. The molecule has 0 atom stereocenters. The summed E-state index contributed by atoms with van der Waals surface area (Å²) in [7, 11) is 0. The van der Waals surface area contributed by atoms with Crippen molar-refractivity contribution in [2.24, 2.45) is 0 Å². The van der Waals surface area contributed by atoms with Crippen molar-refractivity contribution in [2.45, 2.75) is 5.16 Å². The molecule has 1 saturated heterocycles. The summed E-state index contributed by atoms with van der Waals surface area (Å²) in [5.41, 5.74) is 0.802. The van der Waals surface area contributed by atoms with Crippen molar-refractivity contribution in [3.05, 3.63) is 59.6 Å². The Bertz CT molecular complexity index is 977. The summed E-state index contributed by atoms with van der Waals surface area (Å²) in [5.74, 6) is 1.27. The van der Waals surface area contributed by atoms with E-state index < -0.39 is 0 Å². The van der Waals surface area contributed by atoms with Gasteiger partial charge in [0.05, 0.1) is 11.4 Å². The number of tetrazole rings is 1. The monoisotopic (exact) mass is 458 g/mol. The number of ether oxygens (including phenoxy) is 1. The van der Waals surface area contributed by atoms with Crippen LogP contribution < -0.4 is 4.74 Å². The highest BCUT2D eigenvalue weighted by Gasteiger charge is 2.22. The lowest BCUT2D eigenvalue weighted by atomic mass is 10.3. The van der Waals surface area contributed by atoms with Gasteiger partial charge in [-0.05, 0) is 46.8 Å². The Balaban J connectivity index is 1.20. The molecule has 31 heavy (non-hydrogen) atoms. The van der Waals surface area contributed by atoms with E-state index in [0.717, 1.165) is 31.1 Å². The molecule has 10 heteroatoms. The van der Waals surface area contributed by atoms with Gasteiger partial charge in [-0.25, -0.2) is 0 Å². The van der Waals surface area contributed by atoms with E-state index in [4.69, 9.17) is 16.3 Å². The van der Waals surface area contributed by atoms with E-state index in [1.54, 1.807) is 16.8 Å². The molecule has 1 fully saturated rings. The van der Waals surface area contributed by atoms with Crippen molar-refractivity contribution < 1.29 is 9.53 Å². The number of nitrogens with zero attached hydrogens (tertiary/aromatic N) is 6. The lowest BCUT2D eigenvalue weighted by Gasteiger charge is -2.34. The van der Waals surface area contributed by atoms with E-state index in [1.165, 1.54) is 11.8 Å². The van der Waals surface area contributed by atoms with E-state index in [2.05, 4.69) is 20.4 Å². The van der Waals surface area contributed by atoms with Crippen LogP contribution in [-0.2, 0) is 4.79 Å². The number of thioether (sulfide) groups is 1. The molecule has 1 aromatic heterocycles. The number of carbonyl (C=O) groups excluding carboxylic acids is 1. The first kappa shape index (κ1) is 21.6. The quantitative estimate of drug-likeness (QED) is 0.480. The van der Waals surface area contributed by atoms with E-state index in [9.17, 15) is 4.79 Å². The van der Waals surface area contributed by atoms with Crippen molar-refractivity contribution in [1.82, 2.24) is 30.0 Å². The van der Waals surface area contributed by atoms with E-state index >= 15 is 0 Å². The predicted octanol–water partition coefficient (Wildman–Crippen LogP) is 2.63. The van der Waals surface area contributed by atoms with E-state index in [0.29, 0.717) is 35.6 Å². The average Bonchev–Trinajstić information content (AvgIpc) is 3.28. The predicted molar refractivity (Wildman–Crippen MR) is 120 cm³/mol. The normalized spacial score (nSPS) is 14.5. The molecule has 1 amide bonds. The zero-order valence-corrected chi connectivity index (χ0v) is 18.5. The van der Waals surface area contributed by atoms with Crippen LogP contribution in [0.4, 0.5) is 0 Å². The molecule has 162 valence electrons. The van der Waals surface area contributed by atoms with Crippen LogP contribution in [0.1, 0.15) is 0 Å². The van der Waals surface area contributed by atoms with Crippen LogP contribution in [0, 0.1) is 0 Å². The zero-order chi connectivity index (χ0) is 21.5. The number of aromatic nitrogens is 4. The Morgan fingerprint density at radius 3 is 2.52 bits per heavy atom. The van der Waals surface area contributed by atoms with Gasteiger partial charge in [0.15, 0.2) is 0 Å². The van der Waals surface area contributed by atoms with Crippen molar-refractivity contribution in [2.75, 3.05) is 45.1 Å². The molecule has 0 spiro atoms. The summed E-state index contributed by atoms with van der Waals surface area (Å²) in [6.45, 7) is 4.61. The van der Waals surface area contributed by atoms with Gasteiger partial charge in [-0.3, -0.25) is 9.69 Å². The smallest absolute Gasteiger partial charge is 0.233 e. The third-order valence-electron chi connectivity index (χ3n) is 4.98. The molecule has 0 unspecified atom stereocenters. The van der Waals surface area contributed by atoms with Crippen LogP contribution in [0.2, 0.25) is 5.02 Å². The van der Waals surface area contributed by atoms with Gasteiger partial charge in [-0.2, -0.15) is 4.68 Å². The second kappa shape index (κ2) is 10.6. The second-order valence-electron chi connectivity index (χ2n) is 7.02.